The fourth-order valence-electron chi connectivity index (χ4n) is 2.03. The summed E-state index contributed by atoms with van der Waals surface area (Å²) in [4.78, 5) is 2.13. The SMILES string of the molecule is CC1CCN(c2nnc(N)o2)C(C)C1. The molecule has 2 unspecified atom stereocenters. The number of nitrogens with zero attached hydrogens (tertiary/aromatic N) is 3. The van der Waals surface area contributed by atoms with Gasteiger partial charge in [0.25, 0.3) is 0 Å². The number of hydrogen-bond acceptors (Lipinski definition) is 5. The highest BCUT2D eigenvalue weighted by atomic mass is 16.4. The van der Waals surface area contributed by atoms with E-state index in [1.54, 1.807) is 0 Å². The molecule has 5 nitrogen and oxygen atoms in total. The third-order valence-electron chi connectivity index (χ3n) is 2.81. The van der Waals surface area contributed by atoms with Crippen LogP contribution in [0, 0.1) is 5.92 Å². The Bertz CT molecular complexity index is 312. The summed E-state index contributed by atoms with van der Waals surface area (Å²) in [5.74, 6) is 0.779. The molecule has 5 heteroatoms. The van der Waals surface area contributed by atoms with E-state index < -0.39 is 0 Å². The Morgan fingerprint density at radius 1 is 1.43 bits per heavy atom. The summed E-state index contributed by atoms with van der Waals surface area (Å²) in [7, 11) is 0. The second-order valence-corrected chi connectivity index (χ2v) is 4.09. The van der Waals surface area contributed by atoms with Crippen molar-refractivity contribution in [2.24, 2.45) is 5.92 Å². The second-order valence-electron chi connectivity index (χ2n) is 4.09. The van der Waals surface area contributed by atoms with E-state index in [0.29, 0.717) is 12.1 Å². The van der Waals surface area contributed by atoms with Crippen molar-refractivity contribution in [3.05, 3.63) is 0 Å². The molecule has 0 saturated carbocycles. The van der Waals surface area contributed by atoms with E-state index in [9.17, 15) is 0 Å². The molecule has 14 heavy (non-hydrogen) atoms. The first-order valence-electron chi connectivity index (χ1n) is 5.02. The van der Waals surface area contributed by atoms with Crippen LogP contribution < -0.4 is 10.6 Å². The molecule has 0 amide bonds. The van der Waals surface area contributed by atoms with E-state index in [4.69, 9.17) is 10.2 Å². The van der Waals surface area contributed by atoms with Crippen LogP contribution in [0.3, 0.4) is 0 Å². The van der Waals surface area contributed by atoms with Gasteiger partial charge < -0.3 is 15.1 Å². The predicted octanol–water partition coefficient (Wildman–Crippen LogP) is 1.28. The Balaban J connectivity index is 2.11. The summed E-state index contributed by atoms with van der Waals surface area (Å²) in [6, 6.07) is 1.16. The topological polar surface area (TPSA) is 68.2 Å². The molecule has 1 aromatic heterocycles. The van der Waals surface area contributed by atoms with Crippen LogP contribution in [0.2, 0.25) is 0 Å². The number of nitrogen functional groups attached to an aromatic ring is 1. The van der Waals surface area contributed by atoms with Gasteiger partial charge >= 0.3 is 12.0 Å². The number of aromatic nitrogens is 2. The van der Waals surface area contributed by atoms with Crippen molar-refractivity contribution in [3.8, 4) is 0 Å². The quantitative estimate of drug-likeness (QED) is 0.732. The highest BCUT2D eigenvalue weighted by Gasteiger charge is 2.26. The van der Waals surface area contributed by atoms with E-state index >= 15 is 0 Å². The average Bonchev–Trinajstić information content (AvgIpc) is 2.51. The van der Waals surface area contributed by atoms with Crippen molar-refractivity contribution in [1.29, 1.82) is 0 Å². The molecule has 0 radical (unpaired) electrons. The van der Waals surface area contributed by atoms with Gasteiger partial charge in [0, 0.05) is 12.6 Å². The van der Waals surface area contributed by atoms with Crippen molar-refractivity contribution in [2.75, 3.05) is 17.2 Å². The monoisotopic (exact) mass is 196 g/mol. The Kier molecular flexibility index (Phi) is 2.31. The lowest BCUT2D eigenvalue weighted by molar-refractivity contribution is 0.358. The zero-order valence-corrected chi connectivity index (χ0v) is 8.60. The van der Waals surface area contributed by atoms with Crippen molar-refractivity contribution in [1.82, 2.24) is 10.2 Å². The Morgan fingerprint density at radius 2 is 2.21 bits per heavy atom. The van der Waals surface area contributed by atoms with Crippen LogP contribution >= 0.6 is 0 Å². The minimum absolute atomic E-state index is 0.144. The zero-order valence-electron chi connectivity index (χ0n) is 8.60. The van der Waals surface area contributed by atoms with Crippen molar-refractivity contribution >= 4 is 12.0 Å². The molecule has 0 aromatic carbocycles. The van der Waals surface area contributed by atoms with Crippen LogP contribution in [-0.4, -0.2) is 22.8 Å². The van der Waals surface area contributed by atoms with Crippen LogP contribution in [0.4, 0.5) is 12.0 Å². The molecule has 2 rings (SSSR count). The number of anilines is 2. The molecule has 1 aliphatic heterocycles. The molecule has 1 saturated heterocycles. The fourth-order valence-corrected chi connectivity index (χ4v) is 2.03. The van der Waals surface area contributed by atoms with Crippen molar-refractivity contribution in [2.45, 2.75) is 32.7 Å². The minimum atomic E-state index is 0.144. The maximum atomic E-state index is 5.39. The van der Waals surface area contributed by atoms with Crippen molar-refractivity contribution < 1.29 is 4.42 Å². The molecule has 2 atom stereocenters. The molecule has 1 fully saturated rings. The van der Waals surface area contributed by atoms with Crippen molar-refractivity contribution in [3.63, 3.8) is 0 Å². The average molecular weight is 196 g/mol. The highest BCUT2D eigenvalue weighted by Crippen LogP contribution is 2.26. The zero-order chi connectivity index (χ0) is 10.1. The van der Waals surface area contributed by atoms with Crippen LogP contribution in [0.5, 0.6) is 0 Å². The van der Waals surface area contributed by atoms with Gasteiger partial charge in [0.2, 0.25) is 0 Å². The smallest absolute Gasteiger partial charge is 0.319 e. The molecule has 2 heterocycles. The number of hydrogen-bond donors (Lipinski definition) is 1. The second kappa shape index (κ2) is 3.48. The van der Waals surface area contributed by atoms with Gasteiger partial charge in [-0.05, 0) is 25.7 Å². The van der Waals surface area contributed by atoms with E-state index in [1.807, 2.05) is 0 Å². The molecule has 0 bridgehead atoms. The molecule has 0 spiro atoms. The van der Waals surface area contributed by atoms with Gasteiger partial charge in [-0.2, -0.15) is 0 Å². The first-order valence-corrected chi connectivity index (χ1v) is 5.02. The molecule has 0 aliphatic carbocycles. The standard InChI is InChI=1S/C9H16N4O/c1-6-3-4-13(7(2)5-6)9-12-11-8(10)14-9/h6-7H,3-5H2,1-2H3,(H2,10,11). The Morgan fingerprint density at radius 3 is 2.79 bits per heavy atom. The molecule has 1 aromatic rings. The number of rotatable bonds is 1. The van der Waals surface area contributed by atoms with Gasteiger partial charge in [0.05, 0.1) is 0 Å². The maximum Gasteiger partial charge on any atom is 0.319 e. The molecular weight excluding hydrogens is 180 g/mol. The van der Waals surface area contributed by atoms with Gasteiger partial charge in [-0.25, -0.2) is 0 Å². The third kappa shape index (κ3) is 1.66. The highest BCUT2D eigenvalue weighted by molar-refractivity contribution is 5.30. The van der Waals surface area contributed by atoms with Gasteiger partial charge in [0.1, 0.15) is 0 Å². The summed E-state index contributed by atoms with van der Waals surface area (Å²) in [6.45, 7) is 5.43. The van der Waals surface area contributed by atoms with E-state index in [0.717, 1.165) is 12.5 Å². The van der Waals surface area contributed by atoms with E-state index in [1.165, 1.54) is 12.8 Å². The van der Waals surface area contributed by atoms with Gasteiger partial charge in [-0.15, -0.1) is 0 Å². The lowest BCUT2D eigenvalue weighted by Gasteiger charge is -2.34. The summed E-state index contributed by atoms with van der Waals surface area (Å²) in [5, 5.41) is 7.56. The van der Waals surface area contributed by atoms with Gasteiger partial charge in [-0.1, -0.05) is 17.1 Å². The lowest BCUT2D eigenvalue weighted by atomic mass is 9.94. The lowest BCUT2D eigenvalue weighted by Crippen LogP contribution is -2.40. The third-order valence-corrected chi connectivity index (χ3v) is 2.81. The van der Waals surface area contributed by atoms with Crippen LogP contribution in [0.25, 0.3) is 0 Å². The van der Waals surface area contributed by atoms with E-state index in [2.05, 4.69) is 28.9 Å². The van der Waals surface area contributed by atoms with Crippen LogP contribution in [0.1, 0.15) is 26.7 Å². The summed E-state index contributed by atoms with van der Waals surface area (Å²) < 4.78 is 5.21. The first kappa shape index (κ1) is 9.30. The molecule has 1 aliphatic rings. The summed E-state index contributed by atoms with van der Waals surface area (Å²) in [5.41, 5.74) is 5.39. The summed E-state index contributed by atoms with van der Waals surface area (Å²) in [6.07, 6.45) is 2.34. The van der Waals surface area contributed by atoms with Gasteiger partial charge in [0.15, 0.2) is 0 Å². The Hall–Kier alpha value is -1.26. The maximum absolute atomic E-state index is 5.39. The molecule has 2 N–H and O–H groups in total. The normalized spacial score (nSPS) is 28.0. The molecule has 78 valence electrons. The number of nitrogens with two attached hydrogens (primary N) is 1. The predicted molar refractivity (Wildman–Crippen MR) is 53.9 cm³/mol. The minimum Gasteiger partial charge on any atom is -0.390 e. The Labute approximate surface area is 83.3 Å². The first-order chi connectivity index (χ1) is 6.66. The fraction of sp³-hybridized carbons (Fsp3) is 0.778. The molecular formula is C9H16N4O. The van der Waals surface area contributed by atoms with E-state index in [-0.39, 0.29) is 6.01 Å². The van der Waals surface area contributed by atoms with Gasteiger partial charge in [-0.3, -0.25) is 0 Å². The largest absolute Gasteiger partial charge is 0.390 e. The van der Waals surface area contributed by atoms with Crippen LogP contribution in [0.15, 0.2) is 4.42 Å². The number of piperidine rings is 1. The summed E-state index contributed by atoms with van der Waals surface area (Å²) >= 11 is 0. The van der Waals surface area contributed by atoms with Crippen LogP contribution in [-0.2, 0) is 0 Å².